The number of aromatic carboxylic acids is 1. The van der Waals surface area contributed by atoms with Gasteiger partial charge in [0.2, 0.25) is 0 Å². The average molecular weight is 358 g/mol. The van der Waals surface area contributed by atoms with Gasteiger partial charge in [0.25, 0.3) is 0 Å². The molecule has 0 saturated carbocycles. The Morgan fingerprint density at radius 2 is 2.28 bits per heavy atom. The lowest BCUT2D eigenvalue weighted by molar-refractivity contribution is 0.0696. The minimum Gasteiger partial charge on any atom is -0.486 e. The van der Waals surface area contributed by atoms with Gasteiger partial charge in [-0.05, 0) is 46.9 Å². The van der Waals surface area contributed by atoms with E-state index >= 15 is 0 Å². The van der Waals surface area contributed by atoms with Crippen molar-refractivity contribution < 1.29 is 14.6 Å². The smallest absolute Gasteiger partial charge is 0.335 e. The zero-order valence-electron chi connectivity index (χ0n) is 9.63. The van der Waals surface area contributed by atoms with Gasteiger partial charge in [-0.3, -0.25) is 4.68 Å². The van der Waals surface area contributed by atoms with Crippen LogP contribution in [0, 0.1) is 3.57 Å². The Hall–Kier alpha value is -1.57. The van der Waals surface area contributed by atoms with Crippen LogP contribution in [-0.4, -0.2) is 20.9 Å². The Morgan fingerprint density at radius 3 is 2.89 bits per heavy atom. The molecule has 1 N–H and O–H groups in total. The summed E-state index contributed by atoms with van der Waals surface area (Å²) in [7, 11) is 1.83. The van der Waals surface area contributed by atoms with Crippen LogP contribution in [0.1, 0.15) is 16.1 Å². The molecule has 0 bridgehead atoms. The van der Waals surface area contributed by atoms with Crippen molar-refractivity contribution in [3.63, 3.8) is 0 Å². The fraction of sp³-hybridized carbons (Fsp3) is 0.167. The van der Waals surface area contributed by atoms with Crippen molar-refractivity contribution in [3.8, 4) is 5.75 Å². The van der Waals surface area contributed by atoms with Gasteiger partial charge in [-0.25, -0.2) is 4.79 Å². The van der Waals surface area contributed by atoms with Crippen molar-refractivity contribution in [2.45, 2.75) is 6.61 Å². The second-order valence-electron chi connectivity index (χ2n) is 3.72. The van der Waals surface area contributed by atoms with Crippen LogP contribution >= 0.6 is 22.6 Å². The fourth-order valence-electron chi connectivity index (χ4n) is 1.44. The highest BCUT2D eigenvalue weighted by atomic mass is 127. The van der Waals surface area contributed by atoms with E-state index in [0.29, 0.717) is 12.4 Å². The van der Waals surface area contributed by atoms with E-state index in [2.05, 4.69) is 27.7 Å². The first kappa shape index (κ1) is 12.9. The standard InChI is InChI=1S/C12H11IN2O3/c1-15-5-4-9(14-15)7-18-11-6-8(12(16)17)2-3-10(11)13/h2-6H,7H2,1H3,(H,16,17). The molecule has 18 heavy (non-hydrogen) atoms. The summed E-state index contributed by atoms with van der Waals surface area (Å²) in [6.45, 7) is 0.319. The molecule has 0 radical (unpaired) electrons. The van der Waals surface area contributed by atoms with Crippen molar-refractivity contribution in [2.75, 3.05) is 0 Å². The highest BCUT2D eigenvalue weighted by Gasteiger charge is 2.08. The summed E-state index contributed by atoms with van der Waals surface area (Å²) in [6.07, 6.45) is 1.83. The van der Waals surface area contributed by atoms with Crippen LogP contribution in [-0.2, 0) is 13.7 Å². The maximum Gasteiger partial charge on any atom is 0.335 e. The predicted molar refractivity (Wildman–Crippen MR) is 73.7 cm³/mol. The normalized spacial score (nSPS) is 10.3. The second-order valence-corrected chi connectivity index (χ2v) is 4.88. The maximum atomic E-state index is 10.9. The van der Waals surface area contributed by atoms with Crippen LogP contribution < -0.4 is 4.74 Å². The quantitative estimate of drug-likeness (QED) is 0.852. The molecule has 0 aliphatic rings. The zero-order chi connectivity index (χ0) is 13.1. The first-order valence-electron chi connectivity index (χ1n) is 5.20. The molecule has 6 heteroatoms. The summed E-state index contributed by atoms with van der Waals surface area (Å²) in [4.78, 5) is 10.9. The van der Waals surface area contributed by atoms with Crippen LogP contribution in [0.5, 0.6) is 5.75 Å². The van der Waals surface area contributed by atoms with Gasteiger partial charge in [0, 0.05) is 13.2 Å². The minimum absolute atomic E-state index is 0.214. The van der Waals surface area contributed by atoms with E-state index in [4.69, 9.17) is 9.84 Å². The Morgan fingerprint density at radius 1 is 1.50 bits per heavy atom. The van der Waals surface area contributed by atoms with Crippen LogP contribution in [0.25, 0.3) is 0 Å². The molecule has 0 unspecified atom stereocenters. The first-order chi connectivity index (χ1) is 8.56. The van der Waals surface area contributed by atoms with Crippen LogP contribution in [0.4, 0.5) is 0 Å². The molecule has 0 atom stereocenters. The lowest BCUT2D eigenvalue weighted by atomic mass is 10.2. The van der Waals surface area contributed by atoms with Gasteiger partial charge in [-0.2, -0.15) is 5.10 Å². The number of nitrogens with zero attached hydrogens (tertiary/aromatic N) is 2. The number of carboxylic acid groups (broad SMARTS) is 1. The number of aryl methyl sites for hydroxylation is 1. The van der Waals surface area contributed by atoms with Gasteiger partial charge in [0.15, 0.2) is 0 Å². The molecule has 2 rings (SSSR count). The molecule has 0 amide bonds. The van der Waals surface area contributed by atoms with Crippen molar-refractivity contribution in [2.24, 2.45) is 7.05 Å². The minimum atomic E-state index is -0.964. The van der Waals surface area contributed by atoms with E-state index in [1.54, 1.807) is 16.8 Å². The van der Waals surface area contributed by atoms with E-state index in [0.717, 1.165) is 9.26 Å². The SMILES string of the molecule is Cn1ccc(COc2cc(C(=O)O)ccc2I)n1. The van der Waals surface area contributed by atoms with E-state index in [1.165, 1.54) is 6.07 Å². The maximum absolute atomic E-state index is 10.9. The number of benzene rings is 1. The van der Waals surface area contributed by atoms with Crippen LogP contribution in [0.15, 0.2) is 30.5 Å². The van der Waals surface area contributed by atoms with Gasteiger partial charge in [0.05, 0.1) is 14.8 Å². The summed E-state index contributed by atoms with van der Waals surface area (Å²) in [5, 5.41) is 13.1. The Kier molecular flexibility index (Phi) is 3.85. The number of carbonyl (C=O) groups is 1. The molecule has 0 aliphatic carbocycles. The molecule has 1 aromatic carbocycles. The number of carboxylic acids is 1. The summed E-state index contributed by atoms with van der Waals surface area (Å²) >= 11 is 2.10. The number of halogens is 1. The highest BCUT2D eigenvalue weighted by molar-refractivity contribution is 14.1. The fourth-order valence-corrected chi connectivity index (χ4v) is 1.93. The first-order valence-corrected chi connectivity index (χ1v) is 6.28. The number of hydrogen-bond acceptors (Lipinski definition) is 3. The third-order valence-corrected chi connectivity index (χ3v) is 3.21. The molecule has 1 heterocycles. The lowest BCUT2D eigenvalue weighted by Crippen LogP contribution is -2.02. The second kappa shape index (κ2) is 5.38. The Balaban J connectivity index is 2.13. The van der Waals surface area contributed by atoms with E-state index in [9.17, 15) is 4.79 Å². The van der Waals surface area contributed by atoms with Crippen molar-refractivity contribution in [3.05, 3.63) is 45.3 Å². The average Bonchev–Trinajstić information content (AvgIpc) is 2.74. The van der Waals surface area contributed by atoms with Crippen molar-refractivity contribution in [1.29, 1.82) is 0 Å². The Labute approximate surface area is 118 Å². The van der Waals surface area contributed by atoms with Gasteiger partial charge in [-0.15, -0.1) is 0 Å². The monoisotopic (exact) mass is 358 g/mol. The zero-order valence-corrected chi connectivity index (χ0v) is 11.8. The molecule has 0 fully saturated rings. The molecular formula is C12H11IN2O3. The molecule has 0 spiro atoms. The van der Waals surface area contributed by atoms with Gasteiger partial charge in [-0.1, -0.05) is 0 Å². The molecule has 0 saturated heterocycles. The van der Waals surface area contributed by atoms with Crippen LogP contribution in [0.3, 0.4) is 0 Å². The molecule has 1 aromatic heterocycles. The summed E-state index contributed by atoms with van der Waals surface area (Å²) < 4.78 is 8.14. The van der Waals surface area contributed by atoms with Gasteiger partial charge >= 0.3 is 5.97 Å². The lowest BCUT2D eigenvalue weighted by Gasteiger charge is -2.07. The number of rotatable bonds is 4. The van der Waals surface area contributed by atoms with Gasteiger partial charge in [0.1, 0.15) is 12.4 Å². The molecule has 0 aliphatic heterocycles. The molecule has 5 nitrogen and oxygen atoms in total. The van der Waals surface area contributed by atoms with E-state index in [1.807, 2.05) is 19.3 Å². The molecular weight excluding hydrogens is 347 g/mol. The number of aromatic nitrogens is 2. The molecule has 94 valence electrons. The molecule has 2 aromatic rings. The van der Waals surface area contributed by atoms with E-state index in [-0.39, 0.29) is 5.56 Å². The van der Waals surface area contributed by atoms with Crippen molar-refractivity contribution in [1.82, 2.24) is 9.78 Å². The van der Waals surface area contributed by atoms with Gasteiger partial charge < -0.3 is 9.84 Å². The third-order valence-electron chi connectivity index (χ3n) is 2.32. The number of ether oxygens (including phenoxy) is 1. The summed E-state index contributed by atoms with van der Waals surface area (Å²) in [5.74, 6) is -0.407. The topological polar surface area (TPSA) is 64.3 Å². The summed E-state index contributed by atoms with van der Waals surface area (Å²) in [6, 6.07) is 6.65. The van der Waals surface area contributed by atoms with Crippen molar-refractivity contribution >= 4 is 28.6 Å². The number of hydrogen-bond donors (Lipinski definition) is 1. The Bertz CT molecular complexity index is 580. The largest absolute Gasteiger partial charge is 0.486 e. The third kappa shape index (κ3) is 3.00. The van der Waals surface area contributed by atoms with E-state index < -0.39 is 5.97 Å². The predicted octanol–water partition coefficient (Wildman–Crippen LogP) is 2.30. The summed E-state index contributed by atoms with van der Waals surface area (Å²) in [5.41, 5.74) is 1.01. The highest BCUT2D eigenvalue weighted by Crippen LogP contribution is 2.23. The van der Waals surface area contributed by atoms with Crippen LogP contribution in [0.2, 0.25) is 0 Å².